The normalized spacial score (nSPS) is 32.9. The van der Waals surface area contributed by atoms with Gasteiger partial charge in [0.1, 0.15) is 17.9 Å². The number of rotatable bonds is 1. The molecule has 17 heavy (non-hydrogen) atoms. The zero-order valence-corrected chi connectivity index (χ0v) is 9.03. The van der Waals surface area contributed by atoms with Crippen LogP contribution in [0.5, 0.6) is 0 Å². The highest BCUT2D eigenvalue weighted by atomic mass is 16.6. The number of nitrogens with zero attached hydrogens (tertiary/aromatic N) is 1. The molecule has 1 aliphatic rings. The van der Waals surface area contributed by atoms with Gasteiger partial charge in [-0.25, -0.2) is 4.79 Å². The van der Waals surface area contributed by atoms with Crippen molar-refractivity contribution >= 4 is 5.69 Å². The third-order valence-electron chi connectivity index (χ3n) is 2.75. The summed E-state index contributed by atoms with van der Waals surface area (Å²) in [6, 6.07) is 0. The van der Waals surface area contributed by atoms with E-state index in [2.05, 4.69) is 0 Å². The minimum atomic E-state index is -1.26. The van der Waals surface area contributed by atoms with Crippen LogP contribution < -0.4 is 17.0 Å². The maximum atomic E-state index is 11.5. The summed E-state index contributed by atoms with van der Waals surface area (Å²) in [5, 5.41) is 19.2. The van der Waals surface area contributed by atoms with E-state index < -0.39 is 35.8 Å². The van der Waals surface area contributed by atoms with Gasteiger partial charge in [-0.15, -0.1) is 0 Å². The molecule has 1 aromatic rings. The van der Waals surface area contributed by atoms with Gasteiger partial charge in [-0.05, 0) is 6.92 Å². The van der Waals surface area contributed by atoms with E-state index in [9.17, 15) is 19.8 Å². The number of aliphatic hydroxyl groups is 2. The third-order valence-corrected chi connectivity index (χ3v) is 2.75. The third kappa shape index (κ3) is 1.86. The molecule has 2 rings (SSSR count). The van der Waals surface area contributed by atoms with E-state index in [1.54, 1.807) is 6.92 Å². The van der Waals surface area contributed by atoms with Gasteiger partial charge in [-0.3, -0.25) is 14.3 Å². The zero-order valence-electron chi connectivity index (χ0n) is 9.03. The van der Waals surface area contributed by atoms with Crippen molar-refractivity contribution in [3.8, 4) is 0 Å². The Balaban J connectivity index is 2.46. The van der Waals surface area contributed by atoms with Crippen molar-refractivity contribution in [2.45, 2.75) is 31.5 Å². The highest BCUT2D eigenvalue weighted by Crippen LogP contribution is 2.27. The molecule has 5 N–H and O–H groups in total. The summed E-state index contributed by atoms with van der Waals surface area (Å²) in [4.78, 5) is 24.6. The van der Waals surface area contributed by atoms with Gasteiger partial charge in [0.25, 0.3) is 5.56 Å². The molecular weight excluding hydrogens is 230 g/mol. The Labute approximate surface area is 95.3 Å². The lowest BCUT2D eigenvalue weighted by molar-refractivity contribution is -0.0349. The first-order chi connectivity index (χ1) is 7.91. The molecule has 0 radical (unpaired) electrons. The Bertz CT molecular complexity index is 536. The van der Waals surface area contributed by atoms with Crippen LogP contribution in [0.25, 0.3) is 0 Å². The number of hydrogen-bond donors (Lipinski definition) is 4. The second kappa shape index (κ2) is 3.99. The van der Waals surface area contributed by atoms with Gasteiger partial charge in [-0.2, -0.15) is 0 Å². The molecule has 1 fully saturated rings. The van der Waals surface area contributed by atoms with Crippen LogP contribution in [0.15, 0.2) is 15.8 Å². The van der Waals surface area contributed by atoms with Gasteiger partial charge in [0.2, 0.25) is 0 Å². The number of nitrogen functional groups attached to an aromatic ring is 1. The van der Waals surface area contributed by atoms with Crippen LogP contribution in [0.3, 0.4) is 0 Å². The van der Waals surface area contributed by atoms with Gasteiger partial charge in [0.05, 0.1) is 6.10 Å². The highest BCUT2D eigenvalue weighted by Gasteiger charge is 2.41. The van der Waals surface area contributed by atoms with Crippen LogP contribution in [0.4, 0.5) is 5.69 Å². The fraction of sp³-hybridized carbons (Fsp3) is 0.556. The van der Waals surface area contributed by atoms with E-state index in [4.69, 9.17) is 10.5 Å². The van der Waals surface area contributed by atoms with Crippen LogP contribution in [-0.4, -0.2) is 38.1 Å². The predicted molar refractivity (Wildman–Crippen MR) is 57.3 cm³/mol. The largest absolute Gasteiger partial charge is 0.393 e. The SMILES string of the molecule is C[C@H]1O[C@@H](n2cc(N)c(=O)[nH]c2=O)[C@@H](O)C1O. The molecule has 1 unspecified atom stereocenters. The highest BCUT2D eigenvalue weighted by molar-refractivity contribution is 5.30. The number of hydrogen-bond acceptors (Lipinski definition) is 6. The predicted octanol–water partition coefficient (Wildman–Crippen LogP) is -2.24. The fourth-order valence-electron chi connectivity index (χ4n) is 1.75. The van der Waals surface area contributed by atoms with E-state index in [0.29, 0.717) is 0 Å². The number of ether oxygens (including phenoxy) is 1. The van der Waals surface area contributed by atoms with Crippen molar-refractivity contribution in [1.29, 1.82) is 0 Å². The molecule has 0 amide bonds. The van der Waals surface area contributed by atoms with Crippen molar-refractivity contribution in [2.24, 2.45) is 0 Å². The second-order valence-corrected chi connectivity index (χ2v) is 3.96. The molecule has 4 atom stereocenters. The van der Waals surface area contributed by atoms with E-state index in [-0.39, 0.29) is 5.69 Å². The van der Waals surface area contributed by atoms with Crippen molar-refractivity contribution in [2.75, 3.05) is 5.73 Å². The average Bonchev–Trinajstić information content (AvgIpc) is 2.51. The van der Waals surface area contributed by atoms with Gasteiger partial charge in [-0.1, -0.05) is 0 Å². The summed E-state index contributed by atoms with van der Waals surface area (Å²) in [7, 11) is 0. The van der Waals surface area contributed by atoms with E-state index >= 15 is 0 Å². The zero-order chi connectivity index (χ0) is 12.7. The van der Waals surface area contributed by atoms with Crippen LogP contribution in [0, 0.1) is 0 Å². The van der Waals surface area contributed by atoms with Gasteiger partial charge in [0, 0.05) is 6.20 Å². The van der Waals surface area contributed by atoms with Gasteiger partial charge >= 0.3 is 5.69 Å². The van der Waals surface area contributed by atoms with Gasteiger partial charge in [0.15, 0.2) is 6.23 Å². The maximum Gasteiger partial charge on any atom is 0.330 e. The number of anilines is 1. The Kier molecular flexibility index (Phi) is 2.77. The molecule has 2 heterocycles. The van der Waals surface area contributed by atoms with Gasteiger partial charge < -0.3 is 20.7 Å². The lowest BCUT2D eigenvalue weighted by Gasteiger charge is -2.17. The lowest BCUT2D eigenvalue weighted by atomic mass is 10.1. The monoisotopic (exact) mass is 243 g/mol. The van der Waals surface area contributed by atoms with E-state index in [1.807, 2.05) is 4.98 Å². The number of nitrogens with one attached hydrogen (secondary N) is 1. The van der Waals surface area contributed by atoms with Crippen LogP contribution in [-0.2, 0) is 4.74 Å². The number of nitrogens with two attached hydrogens (primary N) is 1. The molecule has 8 nitrogen and oxygen atoms in total. The first kappa shape index (κ1) is 11.8. The minimum Gasteiger partial charge on any atom is -0.393 e. The fourth-order valence-corrected chi connectivity index (χ4v) is 1.75. The molecule has 0 saturated carbocycles. The Morgan fingerprint density at radius 3 is 2.59 bits per heavy atom. The van der Waals surface area contributed by atoms with E-state index in [0.717, 1.165) is 10.8 Å². The Hall–Kier alpha value is -1.64. The minimum absolute atomic E-state index is 0.172. The molecule has 1 aliphatic heterocycles. The number of H-pyrrole nitrogens is 1. The quantitative estimate of drug-likeness (QED) is 0.441. The van der Waals surface area contributed by atoms with Crippen molar-refractivity contribution in [3.05, 3.63) is 27.0 Å². The van der Waals surface area contributed by atoms with Crippen LogP contribution in [0.1, 0.15) is 13.2 Å². The number of aromatic amines is 1. The molecule has 94 valence electrons. The summed E-state index contributed by atoms with van der Waals surface area (Å²) >= 11 is 0. The number of aromatic nitrogens is 2. The van der Waals surface area contributed by atoms with Crippen LogP contribution >= 0.6 is 0 Å². The summed E-state index contributed by atoms with van der Waals surface area (Å²) < 4.78 is 6.19. The Morgan fingerprint density at radius 1 is 1.41 bits per heavy atom. The molecule has 0 aromatic carbocycles. The first-order valence-electron chi connectivity index (χ1n) is 5.04. The molecule has 0 aliphatic carbocycles. The second-order valence-electron chi connectivity index (χ2n) is 3.96. The molecule has 0 spiro atoms. The molecule has 1 saturated heterocycles. The standard InChI is InChI=1S/C9H13N3O5/c1-3-5(13)6(14)8(17-3)12-2-4(10)7(15)11-9(12)16/h2-3,5-6,8,13-14H,10H2,1H3,(H,11,15,16)/t3-,5?,6+,8-/m1/s1. The molecule has 8 heteroatoms. The topological polar surface area (TPSA) is 131 Å². The summed E-state index contributed by atoms with van der Waals surface area (Å²) in [5.41, 5.74) is 3.74. The van der Waals surface area contributed by atoms with Crippen LogP contribution in [0.2, 0.25) is 0 Å². The first-order valence-corrected chi connectivity index (χ1v) is 5.04. The number of aliphatic hydroxyl groups excluding tert-OH is 2. The summed E-state index contributed by atoms with van der Waals surface area (Å²) in [6.45, 7) is 1.56. The molecule has 1 aromatic heterocycles. The van der Waals surface area contributed by atoms with E-state index in [1.165, 1.54) is 0 Å². The smallest absolute Gasteiger partial charge is 0.330 e. The lowest BCUT2D eigenvalue weighted by Crippen LogP contribution is -2.38. The Morgan fingerprint density at radius 2 is 2.06 bits per heavy atom. The van der Waals surface area contributed by atoms with Crippen molar-refractivity contribution < 1.29 is 14.9 Å². The average molecular weight is 243 g/mol. The molecular formula is C9H13N3O5. The molecule has 0 bridgehead atoms. The van der Waals surface area contributed by atoms with Crippen molar-refractivity contribution in [3.63, 3.8) is 0 Å². The summed E-state index contributed by atoms with van der Waals surface area (Å²) in [5.74, 6) is 0. The summed E-state index contributed by atoms with van der Waals surface area (Å²) in [6.07, 6.45) is -2.95. The maximum absolute atomic E-state index is 11.5. The van der Waals surface area contributed by atoms with Crippen molar-refractivity contribution in [1.82, 2.24) is 9.55 Å².